The fraction of sp³-hybridized carbons (Fsp3) is 0.444. The molecule has 0 N–H and O–H groups in total. The number of carbonyl (C=O) groups is 1. The van der Waals surface area contributed by atoms with Crippen molar-refractivity contribution in [2.45, 2.75) is 91.8 Å². The molecule has 244 valence electrons. The minimum absolute atomic E-state index is 0.0930. The van der Waals surface area contributed by atoms with E-state index in [-0.39, 0.29) is 46.3 Å². The smallest absolute Gasteiger partial charge is 0.410 e. The van der Waals surface area contributed by atoms with Gasteiger partial charge in [0.25, 0.3) is 0 Å². The molecule has 1 aliphatic rings. The van der Waals surface area contributed by atoms with Crippen LogP contribution in [-0.2, 0) is 4.74 Å². The van der Waals surface area contributed by atoms with Gasteiger partial charge >= 0.3 is 11.8 Å². The molecular weight excluding hydrogens is 605 g/mol. The Hall–Kier alpha value is -3.98. The molecule has 1 fully saturated rings. The van der Waals surface area contributed by atoms with E-state index in [2.05, 4.69) is 27.7 Å². The van der Waals surface area contributed by atoms with Gasteiger partial charge in [-0.2, -0.15) is 4.98 Å². The molecule has 5 rings (SSSR count). The number of pyridine rings is 1. The maximum absolute atomic E-state index is 15.1. The highest BCUT2D eigenvalue weighted by Gasteiger charge is 2.36. The summed E-state index contributed by atoms with van der Waals surface area (Å²) in [6.07, 6.45) is -0.384. The third kappa shape index (κ3) is 6.34. The number of hydrogen-bond acceptors (Lipinski definition) is 6. The Morgan fingerprint density at radius 3 is 2.17 bits per heavy atom. The van der Waals surface area contributed by atoms with Gasteiger partial charge in [0.2, 0.25) is 0 Å². The Labute approximate surface area is 275 Å². The number of aromatic nitrogens is 3. The summed E-state index contributed by atoms with van der Waals surface area (Å²) in [6, 6.07) is 13.6. The van der Waals surface area contributed by atoms with E-state index in [1.807, 2.05) is 57.7 Å². The van der Waals surface area contributed by atoms with E-state index >= 15 is 4.39 Å². The van der Waals surface area contributed by atoms with Gasteiger partial charge in [0.1, 0.15) is 17.2 Å². The highest BCUT2D eigenvalue weighted by atomic mass is 35.5. The van der Waals surface area contributed by atoms with Crippen molar-refractivity contribution in [1.29, 1.82) is 0 Å². The molecule has 2 aromatic heterocycles. The average molecular weight is 648 g/mol. The second-order valence-corrected chi connectivity index (χ2v) is 14.2. The van der Waals surface area contributed by atoms with Gasteiger partial charge in [-0.15, -0.1) is 0 Å². The molecule has 2 aromatic carbocycles. The number of ether oxygens (including phenoxy) is 1. The summed E-state index contributed by atoms with van der Waals surface area (Å²) in [5.74, 6) is 0.138. The van der Waals surface area contributed by atoms with E-state index in [9.17, 15) is 9.59 Å². The lowest BCUT2D eigenvalue weighted by molar-refractivity contribution is 0.0130. The first kappa shape index (κ1) is 33.4. The van der Waals surface area contributed by atoms with Crippen LogP contribution in [0.25, 0.3) is 28.0 Å². The van der Waals surface area contributed by atoms with Crippen molar-refractivity contribution in [2.75, 3.05) is 18.0 Å². The van der Waals surface area contributed by atoms with Crippen LogP contribution in [0.5, 0.6) is 0 Å². The standard InChI is InChI=1S/C36H43ClFN5O3/c1-20(2)24-14-12-15-25(21(3)4)31(24)43-33-27(17-28(37)30(39-33)26-13-10-11-16-29(26)38)32(40-34(43)44)41-18-23(6)42(19-22(41)5)35(45)46-36(7,8)9/h10-17,20-23H,18-19H2,1-9H3/t22-,23+/m0/s1. The number of anilines is 1. The molecular formula is C36H43ClFN5O3. The summed E-state index contributed by atoms with van der Waals surface area (Å²) in [4.78, 5) is 40.8. The third-order valence-electron chi connectivity index (χ3n) is 8.38. The van der Waals surface area contributed by atoms with Crippen LogP contribution < -0.4 is 10.6 Å². The van der Waals surface area contributed by atoms with Gasteiger partial charge in [-0.05, 0) is 75.8 Å². The predicted molar refractivity (Wildman–Crippen MR) is 183 cm³/mol. The summed E-state index contributed by atoms with van der Waals surface area (Å²) >= 11 is 6.88. The van der Waals surface area contributed by atoms with E-state index in [0.717, 1.165) is 16.8 Å². The molecule has 8 nitrogen and oxygen atoms in total. The monoisotopic (exact) mass is 647 g/mol. The molecule has 10 heteroatoms. The van der Waals surface area contributed by atoms with Gasteiger partial charge < -0.3 is 14.5 Å². The topological polar surface area (TPSA) is 80.6 Å². The van der Waals surface area contributed by atoms with Gasteiger partial charge in [0.05, 0.1) is 21.8 Å². The molecule has 0 unspecified atom stereocenters. The molecule has 0 bridgehead atoms. The molecule has 1 aliphatic heterocycles. The Kier molecular flexibility index (Phi) is 9.19. The number of piperazine rings is 1. The maximum atomic E-state index is 15.1. The van der Waals surface area contributed by atoms with E-state index in [1.54, 1.807) is 33.7 Å². The Morgan fingerprint density at radius 2 is 1.59 bits per heavy atom. The number of carbonyl (C=O) groups excluding carboxylic acids is 1. The van der Waals surface area contributed by atoms with Gasteiger partial charge in [-0.3, -0.25) is 0 Å². The first-order valence-corrected chi connectivity index (χ1v) is 16.2. The van der Waals surface area contributed by atoms with Crippen molar-refractivity contribution >= 4 is 34.5 Å². The van der Waals surface area contributed by atoms with E-state index in [1.165, 1.54) is 6.07 Å². The quantitative estimate of drug-likeness (QED) is 0.217. The fourth-order valence-electron chi connectivity index (χ4n) is 6.13. The SMILES string of the molecule is CC(C)c1cccc(C(C)C)c1-n1c(=O)nc(N2C[C@@H](C)N(C(=O)OC(C)(C)C)C[C@@H]2C)c2cc(Cl)c(-c3ccccc3F)nc21. The third-order valence-corrected chi connectivity index (χ3v) is 8.67. The van der Waals surface area contributed by atoms with E-state index in [0.29, 0.717) is 29.9 Å². The van der Waals surface area contributed by atoms with Crippen molar-refractivity contribution < 1.29 is 13.9 Å². The zero-order chi connectivity index (χ0) is 33.7. The normalized spacial score (nSPS) is 17.3. The number of amides is 1. The lowest BCUT2D eigenvalue weighted by Gasteiger charge is -2.44. The van der Waals surface area contributed by atoms with Crippen LogP contribution in [0.2, 0.25) is 5.02 Å². The Balaban J connectivity index is 1.78. The van der Waals surface area contributed by atoms with Crippen molar-refractivity contribution in [2.24, 2.45) is 0 Å². The first-order valence-electron chi connectivity index (χ1n) is 15.9. The number of benzene rings is 2. The Morgan fingerprint density at radius 1 is 0.957 bits per heavy atom. The number of nitrogens with zero attached hydrogens (tertiary/aromatic N) is 5. The highest BCUT2D eigenvalue weighted by Crippen LogP contribution is 2.38. The maximum Gasteiger partial charge on any atom is 0.410 e. The summed E-state index contributed by atoms with van der Waals surface area (Å²) in [5, 5.41) is 0.794. The molecule has 46 heavy (non-hydrogen) atoms. The van der Waals surface area contributed by atoms with Crippen LogP contribution in [-0.4, -0.2) is 56.3 Å². The summed E-state index contributed by atoms with van der Waals surface area (Å²) < 4.78 is 22.4. The van der Waals surface area contributed by atoms with Gasteiger partial charge in [0.15, 0.2) is 5.65 Å². The van der Waals surface area contributed by atoms with Crippen LogP contribution >= 0.6 is 11.6 Å². The molecule has 0 radical (unpaired) electrons. The number of hydrogen-bond donors (Lipinski definition) is 0. The summed E-state index contributed by atoms with van der Waals surface area (Å²) in [5.41, 5.74) is 2.36. The van der Waals surface area contributed by atoms with Crippen LogP contribution in [0.4, 0.5) is 15.0 Å². The second-order valence-electron chi connectivity index (χ2n) is 13.8. The predicted octanol–water partition coefficient (Wildman–Crippen LogP) is 8.32. The zero-order valence-electron chi connectivity index (χ0n) is 28.1. The van der Waals surface area contributed by atoms with Crippen molar-refractivity contribution in [3.63, 3.8) is 0 Å². The molecule has 1 saturated heterocycles. The molecule has 1 amide bonds. The van der Waals surface area contributed by atoms with Crippen LogP contribution in [0.15, 0.2) is 53.3 Å². The lowest BCUT2D eigenvalue weighted by Crippen LogP contribution is -2.59. The highest BCUT2D eigenvalue weighted by molar-refractivity contribution is 6.33. The van der Waals surface area contributed by atoms with E-state index < -0.39 is 17.1 Å². The summed E-state index contributed by atoms with van der Waals surface area (Å²) in [6.45, 7) is 18.6. The van der Waals surface area contributed by atoms with E-state index in [4.69, 9.17) is 26.3 Å². The number of para-hydroxylation sites is 1. The largest absolute Gasteiger partial charge is 0.444 e. The first-order chi connectivity index (χ1) is 21.6. The second kappa shape index (κ2) is 12.7. The molecule has 4 aromatic rings. The summed E-state index contributed by atoms with van der Waals surface area (Å²) in [7, 11) is 0. The molecule has 2 atom stereocenters. The molecule has 3 heterocycles. The minimum Gasteiger partial charge on any atom is -0.444 e. The van der Waals surface area contributed by atoms with Gasteiger partial charge in [0, 0.05) is 30.7 Å². The van der Waals surface area contributed by atoms with Gasteiger partial charge in [-0.25, -0.2) is 23.5 Å². The number of rotatable bonds is 5. The van der Waals surface area contributed by atoms with Crippen LogP contribution in [0, 0.1) is 5.82 Å². The van der Waals surface area contributed by atoms with Crippen molar-refractivity contribution in [3.05, 3.63) is 81.0 Å². The minimum atomic E-state index is -0.626. The van der Waals surface area contributed by atoms with Crippen LogP contribution in [0.3, 0.4) is 0 Å². The fourth-order valence-corrected chi connectivity index (χ4v) is 6.39. The Bertz CT molecular complexity index is 1820. The van der Waals surface area contributed by atoms with Crippen LogP contribution in [0.1, 0.15) is 85.3 Å². The lowest BCUT2D eigenvalue weighted by atomic mass is 9.92. The van der Waals surface area contributed by atoms with Gasteiger partial charge in [-0.1, -0.05) is 69.6 Å². The molecule has 0 spiro atoms. The zero-order valence-corrected chi connectivity index (χ0v) is 28.8. The van der Waals surface area contributed by atoms with Crippen molar-refractivity contribution in [3.8, 4) is 16.9 Å². The van der Waals surface area contributed by atoms with Crippen molar-refractivity contribution in [1.82, 2.24) is 19.4 Å². The molecule has 0 saturated carbocycles. The number of halogens is 2. The number of fused-ring (bicyclic) bond motifs is 1. The molecule has 0 aliphatic carbocycles. The average Bonchev–Trinajstić information content (AvgIpc) is 2.97.